The molecule has 1 atom stereocenters. The lowest BCUT2D eigenvalue weighted by Crippen LogP contribution is -2.01. The highest BCUT2D eigenvalue weighted by atomic mass is 16.3. The molecule has 3 nitrogen and oxygen atoms in total. The zero-order valence-corrected chi connectivity index (χ0v) is 9.24. The Bertz CT molecular complexity index is 474. The van der Waals surface area contributed by atoms with E-state index < -0.39 is 6.10 Å². The normalized spacial score (nSPS) is 12.3. The summed E-state index contributed by atoms with van der Waals surface area (Å²) in [4.78, 5) is 0. The minimum absolute atomic E-state index is 0.000242. The van der Waals surface area contributed by atoms with Crippen LogP contribution in [0.5, 0.6) is 11.5 Å². The molecule has 0 heterocycles. The number of benzene rings is 2. The van der Waals surface area contributed by atoms with Gasteiger partial charge in [0.15, 0.2) is 0 Å². The molecule has 0 aliphatic rings. The number of aliphatic hydroxyl groups is 1. The molecular formula is C14H14O3. The Morgan fingerprint density at radius 2 is 1.47 bits per heavy atom. The van der Waals surface area contributed by atoms with Crippen LogP contribution in [0.3, 0.4) is 0 Å². The Balaban J connectivity index is 2.16. The maximum Gasteiger partial charge on any atom is 0.119 e. The van der Waals surface area contributed by atoms with Crippen LogP contribution in [0.1, 0.15) is 17.2 Å². The predicted octanol–water partition coefficient (Wildman–Crippen LogP) is 2.37. The molecule has 0 fully saturated rings. The first-order valence-electron chi connectivity index (χ1n) is 5.40. The van der Waals surface area contributed by atoms with Crippen LogP contribution in [0.25, 0.3) is 0 Å². The van der Waals surface area contributed by atoms with Gasteiger partial charge in [0.25, 0.3) is 0 Å². The average Bonchev–Trinajstić information content (AvgIpc) is 2.28. The van der Waals surface area contributed by atoms with Crippen LogP contribution in [0, 0.1) is 0 Å². The Kier molecular flexibility index (Phi) is 3.30. The molecular weight excluding hydrogens is 216 g/mol. The highest BCUT2D eigenvalue weighted by Crippen LogP contribution is 2.24. The van der Waals surface area contributed by atoms with Gasteiger partial charge in [-0.3, -0.25) is 0 Å². The SMILES string of the molecule is Oc1cc(O)cc(CC(O)c2ccccc2)c1. The van der Waals surface area contributed by atoms with Gasteiger partial charge in [0.1, 0.15) is 11.5 Å². The van der Waals surface area contributed by atoms with Gasteiger partial charge in [0, 0.05) is 12.5 Å². The van der Waals surface area contributed by atoms with Crippen LogP contribution < -0.4 is 0 Å². The molecule has 88 valence electrons. The smallest absolute Gasteiger partial charge is 0.119 e. The summed E-state index contributed by atoms with van der Waals surface area (Å²) in [6, 6.07) is 13.6. The summed E-state index contributed by atoms with van der Waals surface area (Å²) in [7, 11) is 0. The zero-order valence-electron chi connectivity index (χ0n) is 9.24. The van der Waals surface area contributed by atoms with Crippen LogP contribution in [-0.4, -0.2) is 15.3 Å². The molecule has 0 aliphatic carbocycles. The van der Waals surface area contributed by atoms with Crippen molar-refractivity contribution in [3.63, 3.8) is 0 Å². The fraction of sp³-hybridized carbons (Fsp3) is 0.143. The Morgan fingerprint density at radius 1 is 0.882 bits per heavy atom. The summed E-state index contributed by atoms with van der Waals surface area (Å²) < 4.78 is 0. The van der Waals surface area contributed by atoms with Crippen molar-refractivity contribution in [1.29, 1.82) is 0 Å². The average molecular weight is 230 g/mol. The van der Waals surface area contributed by atoms with Crippen molar-refractivity contribution in [3.05, 3.63) is 59.7 Å². The van der Waals surface area contributed by atoms with E-state index in [9.17, 15) is 15.3 Å². The Hall–Kier alpha value is -2.00. The zero-order chi connectivity index (χ0) is 12.3. The monoisotopic (exact) mass is 230 g/mol. The van der Waals surface area contributed by atoms with E-state index in [1.807, 2.05) is 30.3 Å². The van der Waals surface area contributed by atoms with Crippen LogP contribution >= 0.6 is 0 Å². The van der Waals surface area contributed by atoms with Crippen molar-refractivity contribution in [3.8, 4) is 11.5 Å². The first-order valence-corrected chi connectivity index (χ1v) is 5.40. The molecule has 0 aromatic heterocycles. The standard InChI is InChI=1S/C14H14O3/c15-12-6-10(7-13(16)9-12)8-14(17)11-4-2-1-3-5-11/h1-7,9,14-17H,8H2. The maximum atomic E-state index is 9.99. The summed E-state index contributed by atoms with van der Waals surface area (Å²) in [5, 5.41) is 28.7. The molecule has 2 aromatic carbocycles. The van der Waals surface area contributed by atoms with Crippen LogP contribution in [0.2, 0.25) is 0 Å². The van der Waals surface area contributed by atoms with E-state index >= 15 is 0 Å². The Labute approximate surface area is 99.6 Å². The molecule has 0 saturated carbocycles. The van der Waals surface area contributed by atoms with E-state index in [-0.39, 0.29) is 11.5 Å². The molecule has 17 heavy (non-hydrogen) atoms. The fourth-order valence-corrected chi connectivity index (χ4v) is 1.79. The first-order chi connectivity index (χ1) is 8.15. The molecule has 0 spiro atoms. The van der Waals surface area contributed by atoms with E-state index in [0.717, 1.165) is 5.56 Å². The quantitative estimate of drug-likeness (QED) is 0.758. The summed E-state index contributed by atoms with van der Waals surface area (Å²) in [5.41, 5.74) is 1.51. The molecule has 0 amide bonds. The molecule has 1 unspecified atom stereocenters. The molecule has 0 aliphatic heterocycles. The third kappa shape index (κ3) is 2.98. The fourth-order valence-electron chi connectivity index (χ4n) is 1.79. The lowest BCUT2D eigenvalue weighted by atomic mass is 10.0. The summed E-state index contributed by atoms with van der Waals surface area (Å²) in [6.07, 6.45) is -0.288. The van der Waals surface area contributed by atoms with E-state index in [0.29, 0.717) is 12.0 Å². The molecule has 0 bridgehead atoms. The van der Waals surface area contributed by atoms with Gasteiger partial charge in [-0.25, -0.2) is 0 Å². The summed E-state index contributed by atoms with van der Waals surface area (Å²) in [5.74, 6) is 0.000485. The number of hydrogen-bond acceptors (Lipinski definition) is 3. The lowest BCUT2D eigenvalue weighted by molar-refractivity contribution is 0.178. The summed E-state index contributed by atoms with van der Waals surface area (Å²) in [6.45, 7) is 0. The second kappa shape index (κ2) is 4.89. The third-order valence-corrected chi connectivity index (χ3v) is 2.58. The molecule has 3 N–H and O–H groups in total. The number of phenolic OH excluding ortho intramolecular Hbond substituents is 2. The van der Waals surface area contributed by atoms with Gasteiger partial charge >= 0.3 is 0 Å². The van der Waals surface area contributed by atoms with Gasteiger partial charge in [-0.1, -0.05) is 30.3 Å². The van der Waals surface area contributed by atoms with Crippen LogP contribution in [0.15, 0.2) is 48.5 Å². The molecule has 2 aromatic rings. The molecule has 2 rings (SSSR count). The number of phenols is 2. The van der Waals surface area contributed by atoms with Crippen molar-refractivity contribution in [2.24, 2.45) is 0 Å². The van der Waals surface area contributed by atoms with Gasteiger partial charge in [-0.15, -0.1) is 0 Å². The third-order valence-electron chi connectivity index (χ3n) is 2.58. The van der Waals surface area contributed by atoms with Crippen molar-refractivity contribution >= 4 is 0 Å². The second-order valence-corrected chi connectivity index (χ2v) is 3.99. The minimum Gasteiger partial charge on any atom is -0.508 e. The topological polar surface area (TPSA) is 60.7 Å². The Morgan fingerprint density at radius 3 is 2.06 bits per heavy atom. The summed E-state index contributed by atoms with van der Waals surface area (Å²) >= 11 is 0. The maximum absolute atomic E-state index is 9.99. The highest BCUT2D eigenvalue weighted by molar-refractivity contribution is 5.37. The molecule has 0 saturated heterocycles. The van der Waals surface area contributed by atoms with Crippen LogP contribution in [-0.2, 0) is 6.42 Å². The largest absolute Gasteiger partial charge is 0.508 e. The molecule has 0 radical (unpaired) electrons. The van der Waals surface area contributed by atoms with E-state index in [1.54, 1.807) is 0 Å². The number of aliphatic hydroxyl groups excluding tert-OH is 1. The van der Waals surface area contributed by atoms with Gasteiger partial charge in [-0.05, 0) is 23.3 Å². The van der Waals surface area contributed by atoms with Crippen LogP contribution in [0.4, 0.5) is 0 Å². The number of aromatic hydroxyl groups is 2. The lowest BCUT2D eigenvalue weighted by Gasteiger charge is -2.11. The minimum atomic E-state index is -0.641. The van der Waals surface area contributed by atoms with Gasteiger partial charge < -0.3 is 15.3 Å². The van der Waals surface area contributed by atoms with Crippen molar-refractivity contribution < 1.29 is 15.3 Å². The van der Waals surface area contributed by atoms with E-state index in [4.69, 9.17) is 0 Å². The van der Waals surface area contributed by atoms with Crippen molar-refractivity contribution in [2.75, 3.05) is 0 Å². The van der Waals surface area contributed by atoms with E-state index in [1.165, 1.54) is 18.2 Å². The number of rotatable bonds is 3. The van der Waals surface area contributed by atoms with Crippen molar-refractivity contribution in [2.45, 2.75) is 12.5 Å². The van der Waals surface area contributed by atoms with Gasteiger partial charge in [-0.2, -0.15) is 0 Å². The van der Waals surface area contributed by atoms with Crippen molar-refractivity contribution in [1.82, 2.24) is 0 Å². The second-order valence-electron chi connectivity index (χ2n) is 3.99. The van der Waals surface area contributed by atoms with E-state index in [2.05, 4.69) is 0 Å². The number of hydrogen-bond donors (Lipinski definition) is 3. The van der Waals surface area contributed by atoms with Gasteiger partial charge in [0.2, 0.25) is 0 Å². The van der Waals surface area contributed by atoms with Gasteiger partial charge in [0.05, 0.1) is 6.10 Å². The first kappa shape index (κ1) is 11.5. The molecule has 3 heteroatoms. The predicted molar refractivity (Wildman–Crippen MR) is 64.9 cm³/mol. The highest BCUT2D eigenvalue weighted by Gasteiger charge is 2.09.